The normalized spacial score (nSPS) is 10.0. The van der Waals surface area contributed by atoms with Gasteiger partial charge in [0.1, 0.15) is 24.0 Å². The Morgan fingerprint density at radius 2 is 2.36 bits per heavy atom. The molecule has 112 valence electrons. The van der Waals surface area contributed by atoms with Crippen LogP contribution in [-0.4, -0.2) is 22.8 Å². The number of hydrogen-bond acceptors (Lipinski definition) is 5. The summed E-state index contributed by atoms with van der Waals surface area (Å²) in [6, 6.07) is 6.87. The summed E-state index contributed by atoms with van der Waals surface area (Å²) >= 11 is 7.45. The molecular formula is C15H12ClN3O2S. The number of nitriles is 1. The van der Waals surface area contributed by atoms with Gasteiger partial charge in [-0.1, -0.05) is 36.0 Å². The summed E-state index contributed by atoms with van der Waals surface area (Å²) in [7, 11) is 0. The van der Waals surface area contributed by atoms with Crippen LogP contribution in [0.5, 0.6) is 5.75 Å². The van der Waals surface area contributed by atoms with Crippen LogP contribution in [-0.2, 0) is 0 Å². The number of aromatic amines is 1. The monoisotopic (exact) mass is 333 g/mol. The Morgan fingerprint density at radius 1 is 1.59 bits per heavy atom. The second kappa shape index (κ2) is 7.16. The lowest BCUT2D eigenvalue weighted by Crippen LogP contribution is -2.14. The van der Waals surface area contributed by atoms with Crippen molar-refractivity contribution in [2.45, 2.75) is 5.16 Å². The molecule has 1 aromatic carbocycles. The maximum atomic E-state index is 11.9. The van der Waals surface area contributed by atoms with Gasteiger partial charge in [0.2, 0.25) is 0 Å². The van der Waals surface area contributed by atoms with Gasteiger partial charge in [-0.05, 0) is 24.5 Å². The molecule has 1 N–H and O–H groups in total. The summed E-state index contributed by atoms with van der Waals surface area (Å²) in [5.74, 6) is 0.499. The topological polar surface area (TPSA) is 78.8 Å². The number of thioether (sulfide) groups is 1. The first kappa shape index (κ1) is 16.1. The fraction of sp³-hybridized carbons (Fsp3) is 0.133. The van der Waals surface area contributed by atoms with E-state index in [2.05, 4.69) is 16.5 Å². The SMILES string of the molecule is C=CCOc1ccc(-c2nc(SC)[nH]c(=O)c2C#N)cc1Cl. The highest BCUT2D eigenvalue weighted by molar-refractivity contribution is 7.98. The molecule has 5 nitrogen and oxygen atoms in total. The van der Waals surface area contributed by atoms with Crippen molar-refractivity contribution < 1.29 is 4.74 Å². The maximum absolute atomic E-state index is 11.9. The van der Waals surface area contributed by atoms with Crippen LogP contribution in [0.2, 0.25) is 5.02 Å². The average molecular weight is 334 g/mol. The third kappa shape index (κ3) is 3.32. The van der Waals surface area contributed by atoms with E-state index in [4.69, 9.17) is 16.3 Å². The zero-order valence-electron chi connectivity index (χ0n) is 11.7. The molecule has 0 aliphatic rings. The number of ether oxygens (including phenoxy) is 1. The van der Waals surface area contributed by atoms with Gasteiger partial charge in [-0.3, -0.25) is 4.79 Å². The van der Waals surface area contributed by atoms with E-state index in [1.807, 2.05) is 6.07 Å². The van der Waals surface area contributed by atoms with E-state index in [-0.39, 0.29) is 5.56 Å². The number of nitrogens with one attached hydrogen (secondary N) is 1. The van der Waals surface area contributed by atoms with Gasteiger partial charge < -0.3 is 9.72 Å². The molecule has 1 heterocycles. The van der Waals surface area contributed by atoms with Gasteiger partial charge in [-0.25, -0.2) is 4.98 Å². The number of aromatic nitrogens is 2. The number of rotatable bonds is 5. The molecule has 22 heavy (non-hydrogen) atoms. The largest absolute Gasteiger partial charge is 0.488 e. The molecule has 2 aromatic rings. The lowest BCUT2D eigenvalue weighted by molar-refractivity contribution is 0.363. The van der Waals surface area contributed by atoms with Crippen LogP contribution >= 0.6 is 23.4 Å². The molecule has 0 fully saturated rings. The van der Waals surface area contributed by atoms with Crippen LogP contribution in [0.1, 0.15) is 5.56 Å². The number of hydrogen-bond donors (Lipinski definition) is 1. The van der Waals surface area contributed by atoms with Crippen LogP contribution < -0.4 is 10.3 Å². The van der Waals surface area contributed by atoms with Crippen molar-refractivity contribution in [1.82, 2.24) is 9.97 Å². The van der Waals surface area contributed by atoms with E-state index < -0.39 is 5.56 Å². The van der Waals surface area contributed by atoms with Crippen molar-refractivity contribution >= 4 is 23.4 Å². The first-order chi connectivity index (χ1) is 10.6. The smallest absolute Gasteiger partial charge is 0.270 e. The van der Waals surface area contributed by atoms with Crippen molar-refractivity contribution in [3.63, 3.8) is 0 Å². The quantitative estimate of drug-likeness (QED) is 0.516. The van der Waals surface area contributed by atoms with Crippen LogP contribution in [0.3, 0.4) is 0 Å². The molecule has 1 aromatic heterocycles. The highest BCUT2D eigenvalue weighted by atomic mass is 35.5. The minimum Gasteiger partial charge on any atom is -0.488 e. The molecule has 0 radical (unpaired) electrons. The van der Waals surface area contributed by atoms with E-state index in [1.165, 1.54) is 11.8 Å². The highest BCUT2D eigenvalue weighted by Crippen LogP contribution is 2.30. The molecule has 0 aliphatic carbocycles. The molecule has 0 unspecified atom stereocenters. The molecule has 0 spiro atoms. The number of benzene rings is 1. The molecule has 0 bridgehead atoms. The summed E-state index contributed by atoms with van der Waals surface area (Å²) in [4.78, 5) is 18.8. The van der Waals surface area contributed by atoms with Crippen molar-refractivity contribution in [3.05, 3.63) is 51.8 Å². The molecule has 0 saturated heterocycles. The van der Waals surface area contributed by atoms with Gasteiger partial charge in [0.25, 0.3) is 5.56 Å². The Kier molecular flexibility index (Phi) is 5.26. The lowest BCUT2D eigenvalue weighted by Gasteiger charge is -2.09. The third-order valence-corrected chi connectivity index (χ3v) is 3.64. The maximum Gasteiger partial charge on any atom is 0.270 e. The predicted octanol–water partition coefficient (Wildman–Crippen LogP) is 3.25. The van der Waals surface area contributed by atoms with Gasteiger partial charge >= 0.3 is 0 Å². The first-order valence-electron chi connectivity index (χ1n) is 6.22. The van der Waals surface area contributed by atoms with Gasteiger partial charge in [-0.15, -0.1) is 0 Å². The second-order valence-electron chi connectivity index (χ2n) is 4.16. The van der Waals surface area contributed by atoms with E-state index in [0.29, 0.717) is 33.8 Å². The fourth-order valence-corrected chi connectivity index (χ4v) is 2.39. The van der Waals surface area contributed by atoms with Crippen LogP contribution in [0, 0.1) is 11.3 Å². The lowest BCUT2D eigenvalue weighted by atomic mass is 10.1. The van der Waals surface area contributed by atoms with Crippen molar-refractivity contribution in [1.29, 1.82) is 5.26 Å². The summed E-state index contributed by atoms with van der Waals surface area (Å²) in [5, 5.41) is 9.98. The van der Waals surface area contributed by atoms with E-state index >= 15 is 0 Å². The summed E-state index contributed by atoms with van der Waals surface area (Å²) in [6.07, 6.45) is 3.40. The third-order valence-electron chi connectivity index (χ3n) is 2.76. The van der Waals surface area contributed by atoms with Gasteiger partial charge in [0.15, 0.2) is 5.16 Å². The minimum atomic E-state index is -0.472. The Morgan fingerprint density at radius 3 is 2.95 bits per heavy atom. The predicted molar refractivity (Wildman–Crippen MR) is 87.5 cm³/mol. The van der Waals surface area contributed by atoms with E-state index in [1.54, 1.807) is 30.5 Å². The zero-order valence-corrected chi connectivity index (χ0v) is 13.3. The first-order valence-corrected chi connectivity index (χ1v) is 7.83. The number of H-pyrrole nitrogens is 1. The fourth-order valence-electron chi connectivity index (χ4n) is 1.78. The second-order valence-corrected chi connectivity index (χ2v) is 5.36. The Balaban J connectivity index is 2.54. The summed E-state index contributed by atoms with van der Waals surface area (Å²) in [6.45, 7) is 3.90. The van der Waals surface area contributed by atoms with Crippen LogP contribution in [0.25, 0.3) is 11.3 Å². The molecule has 0 aliphatic heterocycles. The Bertz CT molecular complexity index is 811. The van der Waals surface area contributed by atoms with Crippen molar-refractivity contribution in [3.8, 4) is 23.1 Å². The van der Waals surface area contributed by atoms with Crippen LogP contribution in [0.15, 0.2) is 40.8 Å². The standard InChI is InChI=1S/C15H12ClN3O2S/c1-3-6-21-12-5-4-9(7-11(12)16)13-10(8-17)14(20)19-15(18-13)22-2/h3-5,7H,1,6H2,2H3,(H,18,19,20). The molecule has 0 amide bonds. The van der Waals surface area contributed by atoms with E-state index in [0.717, 1.165) is 0 Å². The average Bonchev–Trinajstić information content (AvgIpc) is 2.52. The molecule has 0 atom stereocenters. The van der Waals surface area contributed by atoms with Gasteiger partial charge in [0, 0.05) is 5.56 Å². The zero-order chi connectivity index (χ0) is 16.1. The number of nitrogens with zero attached hydrogens (tertiary/aromatic N) is 2. The van der Waals surface area contributed by atoms with Gasteiger partial charge in [-0.2, -0.15) is 5.26 Å². The Hall–Kier alpha value is -2.23. The molecule has 0 saturated carbocycles. The van der Waals surface area contributed by atoms with Crippen LogP contribution in [0.4, 0.5) is 0 Å². The van der Waals surface area contributed by atoms with Gasteiger partial charge in [0.05, 0.1) is 10.7 Å². The molecule has 7 heteroatoms. The summed E-state index contributed by atoms with van der Waals surface area (Å²) in [5.41, 5.74) is 0.357. The molecule has 2 rings (SSSR count). The highest BCUT2D eigenvalue weighted by Gasteiger charge is 2.14. The summed E-state index contributed by atoms with van der Waals surface area (Å²) < 4.78 is 5.39. The van der Waals surface area contributed by atoms with E-state index in [9.17, 15) is 10.1 Å². The molecular weight excluding hydrogens is 322 g/mol. The van der Waals surface area contributed by atoms with Crippen molar-refractivity contribution in [2.24, 2.45) is 0 Å². The van der Waals surface area contributed by atoms with Crippen molar-refractivity contribution in [2.75, 3.05) is 12.9 Å². The minimum absolute atomic E-state index is 0.0476. The Labute approximate surface area is 136 Å². The number of halogens is 1.